The van der Waals surface area contributed by atoms with Crippen LogP contribution in [0.5, 0.6) is 0 Å². The minimum atomic E-state index is -0.350. The fourth-order valence-corrected chi connectivity index (χ4v) is 3.85. The number of hydrogen-bond acceptors (Lipinski definition) is 4. The normalized spacial score (nSPS) is 13.8. The van der Waals surface area contributed by atoms with Crippen LogP contribution < -0.4 is 0 Å². The molecule has 0 aliphatic heterocycles. The average molecular weight is 432 g/mol. The van der Waals surface area contributed by atoms with Crippen molar-refractivity contribution in [3.8, 4) is 0 Å². The summed E-state index contributed by atoms with van der Waals surface area (Å²) in [5, 5.41) is 0. The molecule has 0 aliphatic rings. The molecule has 1 aromatic rings. The van der Waals surface area contributed by atoms with Crippen molar-refractivity contribution in [1.82, 2.24) is 0 Å². The fraction of sp³-hybridized carbons (Fsp3) is 0.556. The van der Waals surface area contributed by atoms with Gasteiger partial charge in [-0.2, -0.15) is 0 Å². The molecular formula is C18H25IO4. The molecule has 23 heavy (non-hydrogen) atoms. The molecule has 0 spiro atoms. The SMILES string of the molecule is COC(=O)[C@@H](c1cccc([C@H](C(=O)OC)C(C)C)c1I)C(C)C. The quantitative estimate of drug-likeness (QED) is 0.502. The number of methoxy groups -OCH3 is 2. The van der Waals surface area contributed by atoms with Crippen molar-refractivity contribution in [3.05, 3.63) is 32.9 Å². The van der Waals surface area contributed by atoms with Gasteiger partial charge in [-0.15, -0.1) is 0 Å². The Morgan fingerprint density at radius 1 is 0.870 bits per heavy atom. The highest BCUT2D eigenvalue weighted by Gasteiger charge is 2.32. The largest absolute Gasteiger partial charge is 0.469 e. The molecule has 0 aromatic heterocycles. The molecule has 0 bridgehead atoms. The van der Waals surface area contributed by atoms with Gasteiger partial charge in [-0.25, -0.2) is 0 Å². The number of esters is 2. The zero-order valence-corrected chi connectivity index (χ0v) is 16.7. The Bertz CT molecular complexity index is 520. The minimum absolute atomic E-state index is 0.0989. The van der Waals surface area contributed by atoms with Gasteiger partial charge >= 0.3 is 11.9 Å². The molecule has 0 saturated carbocycles. The number of rotatable bonds is 6. The first-order valence-electron chi connectivity index (χ1n) is 7.70. The van der Waals surface area contributed by atoms with Gasteiger partial charge in [0.05, 0.1) is 26.1 Å². The third-order valence-corrected chi connectivity index (χ3v) is 5.22. The van der Waals surface area contributed by atoms with Gasteiger partial charge < -0.3 is 9.47 Å². The summed E-state index contributed by atoms with van der Waals surface area (Å²) in [6.07, 6.45) is 0. The van der Waals surface area contributed by atoms with Crippen molar-refractivity contribution < 1.29 is 19.1 Å². The van der Waals surface area contributed by atoms with E-state index in [9.17, 15) is 9.59 Å². The third kappa shape index (κ3) is 4.46. The first-order valence-corrected chi connectivity index (χ1v) is 8.78. The number of carbonyl (C=O) groups is 2. The lowest BCUT2D eigenvalue weighted by Crippen LogP contribution is -2.24. The van der Waals surface area contributed by atoms with Crippen LogP contribution in [0, 0.1) is 15.4 Å². The molecule has 0 amide bonds. The van der Waals surface area contributed by atoms with Crippen molar-refractivity contribution in [2.45, 2.75) is 39.5 Å². The van der Waals surface area contributed by atoms with Gasteiger partial charge in [-0.1, -0.05) is 45.9 Å². The minimum Gasteiger partial charge on any atom is -0.469 e. The highest BCUT2D eigenvalue weighted by Crippen LogP contribution is 2.36. The van der Waals surface area contributed by atoms with Gasteiger partial charge in [0.1, 0.15) is 0 Å². The zero-order chi connectivity index (χ0) is 17.7. The van der Waals surface area contributed by atoms with Crippen LogP contribution in [0.4, 0.5) is 0 Å². The molecule has 2 atom stereocenters. The molecule has 0 fully saturated rings. The summed E-state index contributed by atoms with van der Waals surface area (Å²) >= 11 is 2.22. The Morgan fingerprint density at radius 2 is 1.22 bits per heavy atom. The van der Waals surface area contributed by atoms with Crippen molar-refractivity contribution in [3.63, 3.8) is 0 Å². The van der Waals surface area contributed by atoms with E-state index < -0.39 is 0 Å². The summed E-state index contributed by atoms with van der Waals surface area (Å²) in [4.78, 5) is 24.4. The van der Waals surface area contributed by atoms with E-state index >= 15 is 0 Å². The van der Waals surface area contributed by atoms with Crippen LogP contribution >= 0.6 is 22.6 Å². The van der Waals surface area contributed by atoms with Crippen molar-refractivity contribution in [2.24, 2.45) is 11.8 Å². The van der Waals surface area contributed by atoms with E-state index in [1.54, 1.807) is 0 Å². The van der Waals surface area contributed by atoms with Gasteiger partial charge in [0, 0.05) is 3.57 Å². The molecule has 0 radical (unpaired) electrons. The third-order valence-electron chi connectivity index (χ3n) is 3.97. The summed E-state index contributed by atoms with van der Waals surface area (Å²) < 4.78 is 10.9. The van der Waals surface area contributed by atoms with Crippen LogP contribution in [0.3, 0.4) is 0 Å². The average Bonchev–Trinajstić information content (AvgIpc) is 2.49. The number of ether oxygens (including phenoxy) is 2. The van der Waals surface area contributed by atoms with Gasteiger partial charge in [-0.05, 0) is 45.6 Å². The van der Waals surface area contributed by atoms with E-state index in [-0.39, 0.29) is 35.6 Å². The van der Waals surface area contributed by atoms with Crippen molar-refractivity contribution in [1.29, 1.82) is 0 Å². The molecule has 128 valence electrons. The smallest absolute Gasteiger partial charge is 0.313 e. The predicted octanol–water partition coefficient (Wildman–Crippen LogP) is 4.12. The molecule has 1 rings (SSSR count). The molecule has 4 nitrogen and oxygen atoms in total. The van der Waals surface area contributed by atoms with Crippen molar-refractivity contribution >= 4 is 34.5 Å². The molecule has 0 N–H and O–H groups in total. The maximum Gasteiger partial charge on any atom is 0.313 e. The zero-order valence-electron chi connectivity index (χ0n) is 14.6. The van der Waals surface area contributed by atoms with E-state index in [0.717, 1.165) is 14.7 Å². The molecule has 0 unspecified atom stereocenters. The first kappa shape index (κ1) is 19.9. The lowest BCUT2D eigenvalue weighted by atomic mass is 9.83. The lowest BCUT2D eigenvalue weighted by Gasteiger charge is -2.25. The molecular weight excluding hydrogens is 407 g/mol. The second-order valence-corrected chi connectivity index (χ2v) is 7.32. The molecule has 0 aliphatic carbocycles. The Labute approximate surface area is 152 Å². The van der Waals surface area contributed by atoms with E-state index in [1.807, 2.05) is 45.9 Å². The van der Waals surface area contributed by atoms with Gasteiger partial charge in [0.15, 0.2) is 0 Å². The molecule has 5 heteroatoms. The summed E-state index contributed by atoms with van der Waals surface area (Å²) in [6.45, 7) is 7.96. The Hall–Kier alpha value is -1.11. The monoisotopic (exact) mass is 432 g/mol. The standard InChI is InChI=1S/C18H25IO4/c1-10(2)14(17(20)22-5)12-8-7-9-13(16(12)19)15(11(3)4)18(21)23-6/h7-11,14-15H,1-6H3/t14-,15-/m1/s1. The second-order valence-electron chi connectivity index (χ2n) is 6.24. The Balaban J connectivity index is 3.45. The van der Waals surface area contributed by atoms with Crippen LogP contribution in [-0.2, 0) is 19.1 Å². The fourth-order valence-electron chi connectivity index (χ4n) is 2.82. The lowest BCUT2D eigenvalue weighted by molar-refractivity contribution is -0.144. The van der Waals surface area contributed by atoms with E-state index in [4.69, 9.17) is 9.47 Å². The predicted molar refractivity (Wildman–Crippen MR) is 98.3 cm³/mol. The number of carbonyl (C=O) groups excluding carboxylic acids is 2. The molecule has 0 saturated heterocycles. The second kappa shape index (κ2) is 8.66. The van der Waals surface area contributed by atoms with Crippen molar-refractivity contribution in [2.75, 3.05) is 14.2 Å². The van der Waals surface area contributed by atoms with Gasteiger partial charge in [-0.3, -0.25) is 9.59 Å². The molecule has 0 heterocycles. The van der Waals surface area contributed by atoms with E-state index in [1.165, 1.54) is 14.2 Å². The Kier molecular flexibility index (Phi) is 7.51. The summed E-state index contributed by atoms with van der Waals surface area (Å²) in [6, 6.07) is 5.76. The number of benzene rings is 1. The van der Waals surface area contributed by atoms with Gasteiger partial charge in [0.25, 0.3) is 0 Å². The van der Waals surface area contributed by atoms with Gasteiger partial charge in [0.2, 0.25) is 0 Å². The number of hydrogen-bond donors (Lipinski definition) is 0. The maximum atomic E-state index is 12.2. The number of halogens is 1. The van der Waals surface area contributed by atoms with Crippen LogP contribution in [0.25, 0.3) is 0 Å². The van der Waals surface area contributed by atoms with E-state index in [0.29, 0.717) is 0 Å². The van der Waals surface area contributed by atoms with E-state index in [2.05, 4.69) is 22.6 Å². The topological polar surface area (TPSA) is 52.6 Å². The highest BCUT2D eigenvalue weighted by atomic mass is 127. The summed E-state index contributed by atoms with van der Waals surface area (Å²) in [5.41, 5.74) is 1.80. The highest BCUT2D eigenvalue weighted by molar-refractivity contribution is 14.1. The van der Waals surface area contributed by atoms with Crippen LogP contribution in [0.2, 0.25) is 0 Å². The summed E-state index contributed by atoms with van der Waals surface area (Å²) in [7, 11) is 2.81. The van der Waals surface area contributed by atoms with Crippen LogP contribution in [0.1, 0.15) is 50.7 Å². The Morgan fingerprint density at radius 3 is 1.48 bits per heavy atom. The molecule has 1 aromatic carbocycles. The van der Waals surface area contributed by atoms with Crippen LogP contribution in [-0.4, -0.2) is 26.2 Å². The first-order chi connectivity index (χ1) is 10.8. The van der Waals surface area contributed by atoms with Crippen LogP contribution in [0.15, 0.2) is 18.2 Å². The summed E-state index contributed by atoms with van der Waals surface area (Å²) in [5.74, 6) is -1.01. The maximum absolute atomic E-state index is 12.2.